The van der Waals surface area contributed by atoms with Crippen LogP contribution in [-0.4, -0.2) is 35.9 Å². The number of pyridine rings is 1. The third-order valence-electron chi connectivity index (χ3n) is 3.18. The first-order valence-corrected chi connectivity index (χ1v) is 6.87. The predicted molar refractivity (Wildman–Crippen MR) is 75.4 cm³/mol. The molecule has 5 nitrogen and oxygen atoms in total. The second-order valence-electron chi connectivity index (χ2n) is 5.08. The van der Waals surface area contributed by atoms with E-state index in [9.17, 15) is 0 Å². The first-order valence-electron chi connectivity index (χ1n) is 6.87. The molecule has 0 aliphatic heterocycles. The van der Waals surface area contributed by atoms with Crippen molar-refractivity contribution in [1.29, 1.82) is 0 Å². The molecule has 19 heavy (non-hydrogen) atoms. The molecule has 3 N–H and O–H groups in total. The molecule has 1 aromatic rings. The Morgan fingerprint density at radius 3 is 2.95 bits per heavy atom. The quantitative estimate of drug-likeness (QED) is 0.820. The molecule has 0 aromatic carbocycles. The molecule has 0 amide bonds. The first kappa shape index (κ1) is 14.1. The molecule has 0 bridgehead atoms. The van der Waals surface area contributed by atoms with Crippen molar-refractivity contribution >= 4 is 5.82 Å². The van der Waals surface area contributed by atoms with Gasteiger partial charge in [-0.3, -0.25) is 0 Å². The van der Waals surface area contributed by atoms with Crippen LogP contribution in [0, 0.1) is 0 Å². The van der Waals surface area contributed by atoms with Gasteiger partial charge in [0.2, 0.25) is 0 Å². The smallest absolute Gasteiger partial charge is 0.169 e. The van der Waals surface area contributed by atoms with Gasteiger partial charge < -0.3 is 20.5 Å². The zero-order valence-corrected chi connectivity index (χ0v) is 11.8. The Morgan fingerprint density at radius 1 is 1.53 bits per heavy atom. The van der Waals surface area contributed by atoms with Crippen molar-refractivity contribution in [3.05, 3.63) is 18.3 Å². The molecule has 1 fully saturated rings. The molecule has 1 aliphatic rings. The number of ether oxygens (including phenoxy) is 2. The Labute approximate surface area is 114 Å². The molecule has 106 valence electrons. The zero-order chi connectivity index (χ0) is 13.8. The Kier molecular flexibility index (Phi) is 4.61. The zero-order valence-electron chi connectivity index (χ0n) is 11.8. The topological polar surface area (TPSA) is 69.4 Å². The lowest BCUT2D eigenvalue weighted by molar-refractivity contribution is -0.0128. The summed E-state index contributed by atoms with van der Waals surface area (Å²) in [5.74, 6) is 1.49. The van der Waals surface area contributed by atoms with Gasteiger partial charge in [-0.15, -0.1) is 0 Å². The van der Waals surface area contributed by atoms with Crippen molar-refractivity contribution in [1.82, 2.24) is 4.98 Å². The lowest BCUT2D eigenvalue weighted by Crippen LogP contribution is -2.60. The van der Waals surface area contributed by atoms with Crippen molar-refractivity contribution in [2.45, 2.75) is 51.5 Å². The normalized spacial score (nSPS) is 26.1. The van der Waals surface area contributed by atoms with Gasteiger partial charge in [-0.1, -0.05) is 0 Å². The van der Waals surface area contributed by atoms with Gasteiger partial charge in [0, 0.05) is 18.8 Å². The molecule has 0 saturated heterocycles. The first-order chi connectivity index (χ1) is 9.11. The SMILES string of the molecule is CCOC1CC(N)C1Nc1ncccc1OC(C)C. The van der Waals surface area contributed by atoms with Crippen LogP contribution in [0.5, 0.6) is 5.75 Å². The summed E-state index contributed by atoms with van der Waals surface area (Å²) in [6.07, 6.45) is 2.91. The van der Waals surface area contributed by atoms with Gasteiger partial charge in [0.15, 0.2) is 11.6 Å². The minimum absolute atomic E-state index is 0.101. The largest absolute Gasteiger partial charge is 0.487 e. The molecule has 3 unspecified atom stereocenters. The van der Waals surface area contributed by atoms with Crippen LogP contribution in [0.2, 0.25) is 0 Å². The lowest BCUT2D eigenvalue weighted by atomic mass is 9.83. The molecule has 1 aromatic heterocycles. The second kappa shape index (κ2) is 6.21. The average Bonchev–Trinajstić information content (AvgIpc) is 2.37. The fourth-order valence-corrected chi connectivity index (χ4v) is 2.23. The molecule has 1 heterocycles. The molecule has 0 radical (unpaired) electrons. The number of nitrogens with one attached hydrogen (secondary N) is 1. The van der Waals surface area contributed by atoms with Crippen LogP contribution >= 0.6 is 0 Å². The highest BCUT2D eigenvalue weighted by Crippen LogP contribution is 2.29. The van der Waals surface area contributed by atoms with Gasteiger partial charge in [-0.25, -0.2) is 4.98 Å². The summed E-state index contributed by atoms with van der Waals surface area (Å²) in [7, 11) is 0. The minimum Gasteiger partial charge on any atom is -0.487 e. The van der Waals surface area contributed by atoms with E-state index in [0.29, 0.717) is 6.61 Å². The summed E-state index contributed by atoms with van der Waals surface area (Å²) in [5, 5.41) is 3.35. The van der Waals surface area contributed by atoms with Crippen molar-refractivity contribution in [3.63, 3.8) is 0 Å². The number of hydrogen-bond donors (Lipinski definition) is 2. The van der Waals surface area contributed by atoms with Crippen LogP contribution in [0.15, 0.2) is 18.3 Å². The van der Waals surface area contributed by atoms with Gasteiger partial charge in [0.05, 0.1) is 18.2 Å². The highest BCUT2D eigenvalue weighted by atomic mass is 16.5. The monoisotopic (exact) mass is 265 g/mol. The maximum Gasteiger partial charge on any atom is 0.169 e. The fraction of sp³-hybridized carbons (Fsp3) is 0.643. The summed E-state index contributed by atoms with van der Waals surface area (Å²) in [6, 6.07) is 3.98. The Balaban J connectivity index is 2.05. The molecular formula is C14H23N3O2. The third-order valence-corrected chi connectivity index (χ3v) is 3.18. The lowest BCUT2D eigenvalue weighted by Gasteiger charge is -2.42. The van der Waals surface area contributed by atoms with Crippen LogP contribution in [0.1, 0.15) is 27.2 Å². The van der Waals surface area contributed by atoms with Crippen molar-refractivity contribution in [3.8, 4) is 5.75 Å². The van der Waals surface area contributed by atoms with E-state index in [1.165, 1.54) is 0 Å². The number of anilines is 1. The maximum absolute atomic E-state index is 6.03. The van der Waals surface area contributed by atoms with Crippen molar-refractivity contribution < 1.29 is 9.47 Å². The van der Waals surface area contributed by atoms with Gasteiger partial charge in [-0.05, 0) is 39.3 Å². The van der Waals surface area contributed by atoms with Crippen LogP contribution in [0.3, 0.4) is 0 Å². The van der Waals surface area contributed by atoms with E-state index >= 15 is 0 Å². The van der Waals surface area contributed by atoms with Crippen LogP contribution < -0.4 is 15.8 Å². The summed E-state index contributed by atoms with van der Waals surface area (Å²) < 4.78 is 11.4. The molecular weight excluding hydrogens is 242 g/mol. The van der Waals surface area contributed by atoms with Gasteiger partial charge in [0.1, 0.15) is 0 Å². The van der Waals surface area contributed by atoms with Gasteiger partial charge in [0.25, 0.3) is 0 Å². The van der Waals surface area contributed by atoms with E-state index in [1.54, 1.807) is 6.20 Å². The number of aromatic nitrogens is 1. The van der Waals surface area contributed by atoms with Crippen molar-refractivity contribution in [2.24, 2.45) is 5.73 Å². The number of rotatable bonds is 6. The molecule has 1 saturated carbocycles. The standard InChI is InChI=1S/C14H23N3O2/c1-4-18-12-8-10(15)13(12)17-14-11(19-9(2)3)6-5-7-16-14/h5-7,9-10,12-13H,4,8,15H2,1-3H3,(H,16,17). The number of hydrogen-bond acceptors (Lipinski definition) is 5. The Morgan fingerprint density at radius 2 is 2.32 bits per heavy atom. The van der Waals surface area contributed by atoms with E-state index < -0.39 is 0 Å². The van der Waals surface area contributed by atoms with E-state index in [2.05, 4.69) is 10.3 Å². The van der Waals surface area contributed by atoms with Gasteiger partial charge in [-0.2, -0.15) is 0 Å². The number of nitrogens with zero attached hydrogens (tertiary/aromatic N) is 1. The van der Waals surface area contributed by atoms with Crippen LogP contribution in [0.25, 0.3) is 0 Å². The fourth-order valence-electron chi connectivity index (χ4n) is 2.23. The Bertz CT molecular complexity index is 409. The maximum atomic E-state index is 6.03. The predicted octanol–water partition coefficient (Wildman–Crippen LogP) is 1.79. The summed E-state index contributed by atoms with van der Waals surface area (Å²) in [5.41, 5.74) is 6.03. The second-order valence-corrected chi connectivity index (χ2v) is 5.08. The highest BCUT2D eigenvalue weighted by Gasteiger charge is 2.39. The Hall–Kier alpha value is -1.33. The van der Waals surface area contributed by atoms with E-state index in [4.69, 9.17) is 15.2 Å². The minimum atomic E-state index is 0.101. The molecule has 5 heteroatoms. The summed E-state index contributed by atoms with van der Waals surface area (Å²) in [6.45, 7) is 6.69. The van der Waals surface area contributed by atoms with Gasteiger partial charge >= 0.3 is 0 Å². The van der Waals surface area contributed by atoms with E-state index in [-0.39, 0.29) is 24.3 Å². The molecule has 2 rings (SSSR count). The molecule has 1 aliphatic carbocycles. The summed E-state index contributed by atoms with van der Waals surface area (Å²) >= 11 is 0. The molecule has 0 spiro atoms. The van der Waals surface area contributed by atoms with Crippen LogP contribution in [-0.2, 0) is 4.74 Å². The number of nitrogens with two attached hydrogens (primary N) is 1. The third kappa shape index (κ3) is 3.36. The van der Waals surface area contributed by atoms with E-state index in [1.807, 2.05) is 32.9 Å². The van der Waals surface area contributed by atoms with E-state index in [0.717, 1.165) is 18.0 Å². The summed E-state index contributed by atoms with van der Waals surface area (Å²) in [4.78, 5) is 4.34. The highest BCUT2D eigenvalue weighted by molar-refractivity contribution is 5.51. The van der Waals surface area contributed by atoms with Crippen molar-refractivity contribution in [2.75, 3.05) is 11.9 Å². The average molecular weight is 265 g/mol. The molecule has 3 atom stereocenters. The van der Waals surface area contributed by atoms with Crippen LogP contribution in [0.4, 0.5) is 5.82 Å².